The number of hydrogen-bond donors (Lipinski definition) is 0. The van der Waals surface area contributed by atoms with Gasteiger partial charge in [0.25, 0.3) is 46.7 Å². The molecular weight excluding hydrogens is 1630 g/mol. The smallest absolute Gasteiger partial charge is 0.491 e. The summed E-state index contributed by atoms with van der Waals surface area (Å²) < 4.78 is 30.4. The number of benzene rings is 8. The predicted octanol–water partition coefficient (Wildman–Crippen LogP) is 30.1. The van der Waals surface area contributed by atoms with Gasteiger partial charge in [-0.15, -0.1) is 18.3 Å². The van der Waals surface area contributed by atoms with Crippen molar-refractivity contribution in [3.8, 4) is 23.0 Å². The summed E-state index contributed by atoms with van der Waals surface area (Å²) in [5.74, 6) is 10.1. The average molecular weight is 1780 g/mol. The van der Waals surface area contributed by atoms with E-state index < -0.39 is 5.91 Å². The van der Waals surface area contributed by atoms with E-state index in [0.29, 0.717) is 0 Å². The molecule has 133 heavy (non-hydrogen) atoms. The highest BCUT2D eigenvalue weighted by atomic mass is 16.5. The molecule has 1 spiro atoms. The number of nitrogens with zero attached hydrogens (tertiary/aromatic N) is 8. The van der Waals surface area contributed by atoms with Crippen LogP contribution in [0.1, 0.15) is 326 Å². The zero-order chi connectivity index (χ0) is 92.5. The minimum absolute atomic E-state index is 0.898. The number of aryl methyl sites for hydroxylation is 4. The van der Waals surface area contributed by atoms with Crippen LogP contribution in [0.2, 0.25) is 0 Å². The van der Waals surface area contributed by atoms with Crippen molar-refractivity contribution in [1.82, 2.24) is 0 Å². The summed E-state index contributed by atoms with van der Waals surface area (Å²) in [5, 5.41) is 0. The molecule has 8 aliphatic heterocycles. The third-order valence-corrected chi connectivity index (χ3v) is 25.5. The Balaban J connectivity index is 0.000000155. The molecule has 8 aromatic rings. The lowest BCUT2D eigenvalue weighted by Gasteiger charge is -2.38. The molecule has 8 aromatic carbocycles. The van der Waals surface area contributed by atoms with Gasteiger partial charge in [-0.3, -0.25) is 0 Å². The number of aliphatic imine (C=N–C) groups is 4. The molecule has 0 atom stereocenters. The Labute approximate surface area is 798 Å². The van der Waals surface area contributed by atoms with Crippen LogP contribution < -0.4 is 18.9 Å². The molecule has 8 aliphatic rings. The lowest BCUT2D eigenvalue weighted by atomic mass is 10.0. The molecule has 16 rings (SSSR count). The Hall–Kier alpha value is -11.8. The van der Waals surface area contributed by atoms with Crippen molar-refractivity contribution in [1.29, 1.82) is 0 Å². The molecule has 696 valence electrons. The van der Waals surface area contributed by atoms with E-state index in [1.54, 1.807) is 28.4 Å². The van der Waals surface area contributed by atoms with Crippen molar-refractivity contribution in [2.75, 3.05) is 28.4 Å². The van der Waals surface area contributed by atoms with E-state index in [2.05, 4.69) is 313 Å². The summed E-state index contributed by atoms with van der Waals surface area (Å²) in [7, 11) is 6.92. The highest BCUT2D eigenvalue weighted by Gasteiger charge is 2.78. The van der Waals surface area contributed by atoms with Crippen molar-refractivity contribution in [3.63, 3.8) is 0 Å². The average Bonchev–Trinajstić information content (AvgIpc) is 1.47. The van der Waals surface area contributed by atoms with Gasteiger partial charge in [-0.25, -0.2) is 0 Å². The molecule has 12 nitrogen and oxygen atoms in total. The standard InChI is InChI=1S/C33H16N8.4C22H34O/c1-2-10-18-17(9-1)25-34-27-19-11-3-4-12-20(19)29-36-31-23-15-7-8-16-24(23)32-37-30-22-14-6-5-13-21(22)28-35-26(18)38(25)33(39(27)29,40(28)30)41(31)32;4*1-3-4-5-6-7-8-9-10-11-12-13-14-15-17-21-18-16-19-22(20-21)23-2/h1-16H;4*5-6,8-9,16,18-20H,3-4,7,10-15,17H2,1-2H3/q+4;;;;/b;4*6-5+,9-8+. The van der Waals surface area contributed by atoms with E-state index in [4.69, 9.17) is 38.9 Å². The van der Waals surface area contributed by atoms with Crippen LogP contribution in [-0.4, -0.2) is 99.3 Å². The maximum absolute atomic E-state index is 5.42. The third-order valence-electron chi connectivity index (χ3n) is 25.5. The van der Waals surface area contributed by atoms with Crippen molar-refractivity contribution in [3.05, 3.63) is 358 Å². The minimum Gasteiger partial charge on any atom is -0.497 e. The fraction of sp³-hybridized carbons (Fsp3) is 0.405. The molecule has 0 aliphatic carbocycles. The van der Waals surface area contributed by atoms with Gasteiger partial charge in [-0.2, -0.15) is 0 Å². The Morgan fingerprint density at radius 2 is 0.414 bits per heavy atom. The molecule has 0 fully saturated rings. The predicted molar refractivity (Wildman–Crippen MR) is 561 cm³/mol. The highest BCUT2D eigenvalue weighted by molar-refractivity contribution is 6.30. The lowest BCUT2D eigenvalue weighted by molar-refractivity contribution is -1.06. The van der Waals surface area contributed by atoms with Crippen LogP contribution in [0.4, 0.5) is 0 Å². The van der Waals surface area contributed by atoms with Crippen LogP contribution in [0.25, 0.3) is 0 Å². The van der Waals surface area contributed by atoms with E-state index in [1.165, 1.54) is 253 Å². The second-order valence-corrected chi connectivity index (χ2v) is 35.7. The van der Waals surface area contributed by atoms with Gasteiger partial charge in [0.1, 0.15) is 23.0 Å². The Kier molecular flexibility index (Phi) is 42.4. The summed E-state index contributed by atoms with van der Waals surface area (Å²) in [4.78, 5) is 21.7. The number of rotatable bonds is 52. The fourth-order valence-electron chi connectivity index (χ4n) is 18.4. The fourth-order valence-corrected chi connectivity index (χ4v) is 18.4. The summed E-state index contributed by atoms with van der Waals surface area (Å²) in [6.45, 7) is 8.88. The van der Waals surface area contributed by atoms with Crippen LogP contribution in [0.3, 0.4) is 0 Å². The number of amidine groups is 8. The molecule has 0 unspecified atom stereocenters. The molecular formula is C121H152N8O4+4. The molecule has 0 bridgehead atoms. The second kappa shape index (κ2) is 56.3. The van der Waals surface area contributed by atoms with Crippen molar-refractivity contribution in [2.24, 2.45) is 20.0 Å². The van der Waals surface area contributed by atoms with E-state index >= 15 is 0 Å². The van der Waals surface area contributed by atoms with Gasteiger partial charge in [0.15, 0.2) is 0 Å². The number of unbranched alkanes of at least 4 members (excludes halogenated alkanes) is 24. The second-order valence-electron chi connectivity index (χ2n) is 35.7. The van der Waals surface area contributed by atoms with Crippen LogP contribution in [-0.2, 0) is 25.7 Å². The van der Waals surface area contributed by atoms with Gasteiger partial charge in [0.05, 0.1) is 72.9 Å². The molecule has 0 radical (unpaired) electrons. The Morgan fingerprint density at radius 3 is 0.624 bits per heavy atom. The summed E-state index contributed by atoms with van der Waals surface area (Å²) >= 11 is 0. The molecule has 12 heteroatoms. The maximum atomic E-state index is 5.42. The zero-order valence-corrected chi connectivity index (χ0v) is 81.7. The summed E-state index contributed by atoms with van der Waals surface area (Å²) in [5.41, 5.74) is 14.2. The van der Waals surface area contributed by atoms with Gasteiger partial charge >= 0.3 is 5.91 Å². The monoisotopic (exact) mass is 1780 g/mol. The van der Waals surface area contributed by atoms with Gasteiger partial charge in [-0.1, -0.05) is 345 Å². The first-order valence-corrected chi connectivity index (χ1v) is 51.0. The largest absolute Gasteiger partial charge is 0.497 e. The zero-order valence-electron chi connectivity index (χ0n) is 81.7. The van der Waals surface area contributed by atoms with Gasteiger partial charge in [0.2, 0.25) is 0 Å². The van der Waals surface area contributed by atoms with E-state index in [9.17, 15) is 0 Å². The Bertz CT molecular complexity index is 4890. The lowest BCUT2D eigenvalue weighted by Crippen LogP contribution is -2.76. The van der Waals surface area contributed by atoms with Gasteiger partial charge < -0.3 is 18.9 Å². The topological polar surface area (TPSA) is 98.4 Å². The van der Waals surface area contributed by atoms with E-state index in [0.717, 1.165) is 140 Å². The molecule has 0 N–H and O–H groups in total. The molecule has 0 amide bonds. The Morgan fingerprint density at radius 1 is 0.218 bits per heavy atom. The van der Waals surface area contributed by atoms with Crippen LogP contribution >= 0.6 is 0 Å². The van der Waals surface area contributed by atoms with Crippen LogP contribution in [0.5, 0.6) is 23.0 Å². The first-order valence-electron chi connectivity index (χ1n) is 51.0. The number of methoxy groups -OCH3 is 4. The molecule has 0 saturated heterocycles. The molecule has 0 aromatic heterocycles. The molecule has 0 saturated carbocycles. The minimum atomic E-state index is -0.923. The molecule has 8 heterocycles. The first-order chi connectivity index (χ1) is 65.8. The summed E-state index contributed by atoms with van der Waals surface area (Å²) in [6.07, 6.45) is 87.3. The van der Waals surface area contributed by atoms with Crippen LogP contribution in [0, 0.1) is 0 Å². The highest BCUT2D eigenvalue weighted by Crippen LogP contribution is 2.47. The van der Waals surface area contributed by atoms with E-state index in [-0.39, 0.29) is 0 Å². The summed E-state index contributed by atoms with van der Waals surface area (Å²) in [6, 6.07) is 67.8. The third kappa shape index (κ3) is 28.2. The van der Waals surface area contributed by atoms with Crippen molar-refractivity contribution in [2.45, 2.75) is 290 Å². The SMILES string of the molecule is CCC/C=C/C/C=C/CCCCCCCc1cccc(OC)c1.CCC/C=C/C/C=C/CCCCCCCc1cccc(OC)c1.CCC/C=C/C/C=C/CCCCCCCc1cccc(OC)c1.CCC/C=C/C/C=C/CCCCCCCc1cccc(OC)c1.c1ccc2c(c1)C1=NC3=[N+]4C(=NC5=[N+]6C(=NC7=[N+]8C(=NC2=[N+]1C846)c1ccccc17)c1ccccc15)c1ccccc13. The normalized spacial score (nSPS) is 14.5. The van der Waals surface area contributed by atoms with Crippen molar-refractivity contribution >= 4 is 46.7 Å². The number of ether oxygens (including phenoxy) is 4. The first kappa shape index (κ1) is 100. The number of fused-ring (bicyclic) bond motifs is 12. The number of hydrogen-bond acceptors (Lipinski definition) is 8. The van der Waals surface area contributed by atoms with Gasteiger partial charge in [-0.05, 0) is 273 Å². The van der Waals surface area contributed by atoms with Gasteiger partial charge in [0, 0.05) is 0 Å². The van der Waals surface area contributed by atoms with Crippen molar-refractivity contribution < 1.29 is 37.2 Å². The number of allylic oxidation sites excluding steroid dienone is 16. The van der Waals surface area contributed by atoms with Crippen LogP contribution in [0.15, 0.2) is 311 Å². The maximum Gasteiger partial charge on any atom is 0.491 e. The quantitative estimate of drug-likeness (QED) is 0.0215. The van der Waals surface area contributed by atoms with E-state index in [1.807, 2.05) is 24.3 Å².